The number of nitrogens with one attached hydrogen (secondary N) is 1. The summed E-state index contributed by atoms with van der Waals surface area (Å²) >= 11 is 0. The number of carbonyl (C=O) groups is 2. The average Bonchev–Trinajstić information content (AvgIpc) is 3.16. The summed E-state index contributed by atoms with van der Waals surface area (Å²) in [6, 6.07) is 39.4. The summed E-state index contributed by atoms with van der Waals surface area (Å²) in [5.41, 5.74) is 7.06. The molecular weight excluding hydrogens is 640 g/mol. The van der Waals surface area contributed by atoms with Crippen LogP contribution in [0.15, 0.2) is 115 Å². The minimum absolute atomic E-state index is 0.00317. The van der Waals surface area contributed by atoms with E-state index in [1.54, 1.807) is 6.92 Å². The van der Waals surface area contributed by atoms with Crippen molar-refractivity contribution in [1.82, 2.24) is 10.2 Å². The molecule has 0 aromatic heterocycles. The van der Waals surface area contributed by atoms with E-state index in [0.717, 1.165) is 39.9 Å². The number of carbonyl (C=O) groups excluding carboxylic acids is 2. The van der Waals surface area contributed by atoms with Gasteiger partial charge in [0.1, 0.15) is 0 Å². The molecule has 264 valence electrons. The minimum Gasteiger partial charge on any atom is -0.453 e. The van der Waals surface area contributed by atoms with Gasteiger partial charge in [-0.1, -0.05) is 103 Å². The number of hydrogen-bond acceptors (Lipinski definition) is 7. The van der Waals surface area contributed by atoms with Crippen LogP contribution in [0, 0.1) is 0 Å². The van der Waals surface area contributed by atoms with Crippen LogP contribution in [0.4, 0.5) is 0 Å². The summed E-state index contributed by atoms with van der Waals surface area (Å²) in [5.74, 6) is -0.837. The Morgan fingerprint density at radius 1 is 0.824 bits per heavy atom. The highest BCUT2D eigenvalue weighted by Gasteiger charge is 2.33. The maximum absolute atomic E-state index is 12.3. The number of amides is 1. The molecule has 0 bridgehead atoms. The zero-order valence-electron chi connectivity index (χ0n) is 29.6. The zero-order chi connectivity index (χ0) is 35.9. The lowest BCUT2D eigenvalue weighted by Crippen LogP contribution is -2.38. The monoisotopic (exact) mass is 686 g/mol. The first-order valence-corrected chi connectivity index (χ1v) is 17.5. The van der Waals surface area contributed by atoms with E-state index >= 15 is 0 Å². The van der Waals surface area contributed by atoms with Gasteiger partial charge in [0.05, 0.1) is 18.8 Å². The van der Waals surface area contributed by atoms with E-state index in [1.807, 2.05) is 60.7 Å². The average molecular weight is 687 g/mol. The maximum atomic E-state index is 12.3. The van der Waals surface area contributed by atoms with Crippen LogP contribution >= 0.6 is 0 Å². The number of likely N-dealkylation sites (N-methyl/N-ethyl adjacent to an activating group) is 1. The Labute approximate surface area is 300 Å². The fraction of sp³-hybridized carbons (Fsp3) is 0.302. The van der Waals surface area contributed by atoms with E-state index in [9.17, 15) is 14.7 Å². The summed E-state index contributed by atoms with van der Waals surface area (Å²) < 4.78 is 18.3. The van der Waals surface area contributed by atoms with Gasteiger partial charge in [-0.25, -0.2) is 0 Å². The molecule has 1 heterocycles. The van der Waals surface area contributed by atoms with Crippen LogP contribution in [0.2, 0.25) is 0 Å². The topological polar surface area (TPSA) is 97.3 Å². The third-order valence-electron chi connectivity index (χ3n) is 9.65. The van der Waals surface area contributed by atoms with Crippen molar-refractivity contribution in [3.05, 3.63) is 143 Å². The van der Waals surface area contributed by atoms with Gasteiger partial charge in [-0.15, -0.1) is 0 Å². The number of nitrogens with zero attached hydrogens (tertiary/aromatic N) is 1. The number of ether oxygens (including phenoxy) is 3. The van der Waals surface area contributed by atoms with E-state index in [-0.39, 0.29) is 30.8 Å². The van der Waals surface area contributed by atoms with Gasteiger partial charge in [-0.05, 0) is 77.2 Å². The van der Waals surface area contributed by atoms with Gasteiger partial charge in [0.15, 0.2) is 12.4 Å². The molecule has 5 aromatic carbocycles. The highest BCUT2D eigenvalue weighted by Crippen LogP contribution is 2.39. The van der Waals surface area contributed by atoms with Gasteiger partial charge in [0.2, 0.25) is 0 Å². The lowest BCUT2D eigenvalue weighted by molar-refractivity contribution is -0.253. The second-order valence-corrected chi connectivity index (χ2v) is 13.4. The molecule has 1 saturated heterocycles. The molecule has 0 aliphatic carbocycles. The first kappa shape index (κ1) is 35.9. The van der Waals surface area contributed by atoms with Crippen molar-refractivity contribution in [2.45, 2.75) is 71.0 Å². The first-order valence-electron chi connectivity index (χ1n) is 17.5. The van der Waals surface area contributed by atoms with Crippen molar-refractivity contribution < 1.29 is 28.9 Å². The molecule has 1 amide bonds. The number of esters is 1. The number of aliphatic hydroxyl groups is 1. The Morgan fingerprint density at radius 2 is 1.55 bits per heavy atom. The second kappa shape index (κ2) is 16.4. The molecule has 0 saturated carbocycles. The van der Waals surface area contributed by atoms with Crippen molar-refractivity contribution in [3.8, 4) is 11.1 Å². The largest absolute Gasteiger partial charge is 0.453 e. The lowest BCUT2D eigenvalue weighted by Gasteiger charge is -2.39. The fourth-order valence-corrected chi connectivity index (χ4v) is 6.56. The van der Waals surface area contributed by atoms with Crippen LogP contribution in [0.5, 0.6) is 0 Å². The van der Waals surface area contributed by atoms with Crippen molar-refractivity contribution >= 4 is 22.6 Å². The summed E-state index contributed by atoms with van der Waals surface area (Å²) in [7, 11) is 2.15. The smallest absolute Gasteiger partial charge is 0.303 e. The molecule has 5 atom stereocenters. The minimum atomic E-state index is -0.852. The Kier molecular flexibility index (Phi) is 11.6. The maximum Gasteiger partial charge on any atom is 0.303 e. The Hall–Kier alpha value is -4.86. The number of benzene rings is 5. The SMILES string of the molecule is CC(=O)OC(C)C(=O)NCc1cccc(-c2ccc(C3OC(CN(C)C(C)c4ccc5ccccc5c4)CC(c4ccc(CO)cc4)O3)cc2)c1. The molecule has 6 rings (SSSR count). The standard InChI is InChI=1S/C43H46N2O6/c1-28(37-21-18-33-9-5-6-10-39(33)23-37)45(4)26-40-24-41(35-14-12-31(27-46)13-15-35)51-43(50-40)36-19-16-34(17-20-36)38-11-7-8-32(22-38)25-44-42(48)29(2)49-30(3)47/h5-23,28-29,40-41,43,46H,24-27H2,1-4H3,(H,44,48). The molecule has 51 heavy (non-hydrogen) atoms. The molecule has 1 fully saturated rings. The summed E-state index contributed by atoms with van der Waals surface area (Å²) in [6.45, 7) is 6.10. The molecule has 8 nitrogen and oxygen atoms in total. The Bertz CT molecular complexity index is 1940. The van der Waals surface area contributed by atoms with E-state index < -0.39 is 18.4 Å². The highest BCUT2D eigenvalue weighted by molar-refractivity contribution is 5.83. The number of hydrogen-bond donors (Lipinski definition) is 2. The summed E-state index contributed by atoms with van der Waals surface area (Å²) in [5, 5.41) is 14.9. The Balaban J connectivity index is 1.17. The molecule has 2 N–H and O–H groups in total. The number of aliphatic hydroxyl groups excluding tert-OH is 1. The highest BCUT2D eigenvalue weighted by atomic mass is 16.7. The van der Waals surface area contributed by atoms with E-state index in [1.165, 1.54) is 23.3 Å². The van der Waals surface area contributed by atoms with Gasteiger partial charge in [0.25, 0.3) is 5.91 Å². The second-order valence-electron chi connectivity index (χ2n) is 13.4. The molecule has 5 unspecified atom stereocenters. The van der Waals surface area contributed by atoms with Crippen molar-refractivity contribution in [2.75, 3.05) is 13.6 Å². The molecular formula is C43H46N2O6. The van der Waals surface area contributed by atoms with Gasteiger partial charge in [0, 0.05) is 38.0 Å². The van der Waals surface area contributed by atoms with Crippen LogP contribution in [0.3, 0.4) is 0 Å². The predicted molar refractivity (Wildman–Crippen MR) is 198 cm³/mol. The fourth-order valence-electron chi connectivity index (χ4n) is 6.56. The molecule has 1 aliphatic rings. The summed E-state index contributed by atoms with van der Waals surface area (Å²) in [6.07, 6.45) is -0.985. The number of fused-ring (bicyclic) bond motifs is 1. The molecule has 0 spiro atoms. The normalized spacial score (nSPS) is 18.7. The first-order chi connectivity index (χ1) is 24.7. The van der Waals surface area contributed by atoms with Crippen LogP contribution in [0.25, 0.3) is 21.9 Å². The van der Waals surface area contributed by atoms with Gasteiger partial charge < -0.3 is 24.6 Å². The predicted octanol–water partition coefficient (Wildman–Crippen LogP) is 7.81. The number of rotatable bonds is 12. The van der Waals surface area contributed by atoms with Crippen LogP contribution < -0.4 is 5.32 Å². The molecule has 8 heteroatoms. The van der Waals surface area contributed by atoms with Gasteiger partial charge >= 0.3 is 5.97 Å². The van der Waals surface area contributed by atoms with Gasteiger partial charge in [-0.2, -0.15) is 0 Å². The lowest BCUT2D eigenvalue weighted by atomic mass is 9.98. The summed E-state index contributed by atoms with van der Waals surface area (Å²) in [4.78, 5) is 25.9. The van der Waals surface area contributed by atoms with Crippen molar-refractivity contribution in [2.24, 2.45) is 0 Å². The molecule has 0 radical (unpaired) electrons. The zero-order valence-corrected chi connectivity index (χ0v) is 29.6. The third-order valence-corrected chi connectivity index (χ3v) is 9.65. The van der Waals surface area contributed by atoms with E-state index in [0.29, 0.717) is 13.0 Å². The van der Waals surface area contributed by atoms with Gasteiger partial charge in [-0.3, -0.25) is 14.5 Å². The van der Waals surface area contributed by atoms with Crippen molar-refractivity contribution in [1.29, 1.82) is 0 Å². The van der Waals surface area contributed by atoms with Crippen LogP contribution in [-0.2, 0) is 37.0 Å². The van der Waals surface area contributed by atoms with Crippen LogP contribution in [0.1, 0.15) is 73.4 Å². The van der Waals surface area contributed by atoms with Crippen LogP contribution in [-0.4, -0.2) is 47.7 Å². The molecule has 5 aromatic rings. The van der Waals surface area contributed by atoms with E-state index in [4.69, 9.17) is 14.2 Å². The van der Waals surface area contributed by atoms with Crippen molar-refractivity contribution in [3.63, 3.8) is 0 Å². The molecule has 1 aliphatic heterocycles. The quantitative estimate of drug-likeness (QED) is 0.129. The van der Waals surface area contributed by atoms with E-state index in [2.05, 4.69) is 78.8 Å². The third kappa shape index (κ3) is 9.09. The Morgan fingerprint density at radius 3 is 2.27 bits per heavy atom.